The Morgan fingerprint density at radius 1 is 0.466 bits per heavy atom. The van der Waals surface area contributed by atoms with Gasteiger partial charge in [0.25, 0.3) is 0 Å². The maximum absolute atomic E-state index is 14.5. The summed E-state index contributed by atoms with van der Waals surface area (Å²) in [6.07, 6.45) is 0. The molecule has 324 valence electrons. The Morgan fingerprint density at radius 2 is 0.707 bits per heavy atom. The highest BCUT2D eigenvalue weighted by atomic mass is 19.2. The summed E-state index contributed by atoms with van der Waals surface area (Å²) < 4.78 is 165. The van der Waals surface area contributed by atoms with Gasteiger partial charge in [-0.3, -0.25) is 0 Å². The molecule has 3 aromatic carbocycles. The Labute approximate surface area is 330 Å². The Kier molecular flexibility index (Phi) is 17.2. The van der Waals surface area contributed by atoms with Crippen molar-refractivity contribution in [2.24, 2.45) is 15.9 Å². The monoisotopic (exact) mass is 843 g/mol. The van der Waals surface area contributed by atoms with Crippen molar-refractivity contribution in [3.8, 4) is 0 Å². The molecule has 3 aromatic rings. The largest absolute Gasteiger partial charge is 0.394 e. The first kappa shape index (κ1) is 53.1. The molecule has 0 spiro atoms. The van der Waals surface area contributed by atoms with E-state index < -0.39 is 126 Å². The number of nitrogens with two attached hydrogens (primary N) is 1. The van der Waals surface area contributed by atoms with Crippen LogP contribution in [0.2, 0.25) is 0 Å². The van der Waals surface area contributed by atoms with Crippen LogP contribution in [-0.2, 0) is 16.2 Å². The van der Waals surface area contributed by atoms with E-state index in [-0.39, 0.29) is 10.8 Å². The van der Waals surface area contributed by atoms with Gasteiger partial charge >= 0.3 is 0 Å². The molecular weight excluding hydrogens is 794 g/mol. The summed E-state index contributed by atoms with van der Waals surface area (Å²) in [5, 5.41) is 17.3. The minimum absolute atomic E-state index is 0.382. The number of hydrogen-bond acceptors (Lipinski definition) is 5. The van der Waals surface area contributed by atoms with E-state index in [2.05, 4.69) is 15.3 Å². The SMILES string of the molecule is CC(C)(C)c1c(F)c(F)c(N)c(F)c1F.CC(C)(C)c1c(F)c(F)c(N=[N+]=[N-])c(F)c1F.CC(C)(C)c1c(F)c(F)c(NC(C(C)(C)C)C(C)(C)C)c(F)c1F.N#N. The molecule has 0 amide bonds. The normalized spacial score (nSPS) is 12.0. The number of hydrogen-bond donors (Lipinski definition) is 2. The van der Waals surface area contributed by atoms with Gasteiger partial charge in [0.1, 0.15) is 17.1 Å². The second-order valence-electron chi connectivity index (χ2n) is 18.3. The Bertz CT molecular complexity index is 1940. The lowest BCUT2D eigenvalue weighted by Crippen LogP contribution is -2.45. The minimum Gasteiger partial charge on any atom is -0.394 e. The number of rotatable bonds is 3. The molecule has 0 aromatic heterocycles. The first-order chi connectivity index (χ1) is 25.9. The van der Waals surface area contributed by atoms with Gasteiger partial charge in [0, 0.05) is 38.4 Å². The van der Waals surface area contributed by atoms with E-state index in [0.717, 1.165) is 0 Å². The highest BCUT2D eigenvalue weighted by Gasteiger charge is 2.39. The fourth-order valence-corrected chi connectivity index (χ4v) is 6.01. The molecule has 0 saturated carbocycles. The molecular formula is C39H49F12N7. The molecule has 3 rings (SSSR count). The molecule has 0 saturated heterocycles. The number of azide groups is 1. The topological polar surface area (TPSA) is 134 Å². The van der Waals surface area contributed by atoms with E-state index in [9.17, 15) is 52.7 Å². The van der Waals surface area contributed by atoms with Crippen LogP contribution >= 0.6 is 0 Å². The highest BCUT2D eigenvalue weighted by Crippen LogP contribution is 2.41. The number of anilines is 2. The van der Waals surface area contributed by atoms with E-state index in [4.69, 9.17) is 22.1 Å². The third kappa shape index (κ3) is 11.9. The molecule has 0 unspecified atom stereocenters. The van der Waals surface area contributed by atoms with E-state index in [1.165, 1.54) is 62.3 Å². The summed E-state index contributed by atoms with van der Waals surface area (Å²) in [5.41, 5.74) is 3.85. The number of nitrogens with zero attached hydrogens (tertiary/aromatic N) is 5. The lowest BCUT2D eigenvalue weighted by atomic mass is 9.72. The maximum Gasteiger partial charge on any atom is 0.185 e. The van der Waals surface area contributed by atoms with Crippen molar-refractivity contribution in [2.75, 3.05) is 11.1 Å². The smallest absolute Gasteiger partial charge is 0.185 e. The molecule has 0 aliphatic heterocycles. The molecule has 0 bridgehead atoms. The third-order valence-electron chi connectivity index (χ3n) is 8.22. The first-order valence-electron chi connectivity index (χ1n) is 17.2. The zero-order valence-electron chi connectivity index (χ0n) is 34.9. The van der Waals surface area contributed by atoms with Crippen LogP contribution < -0.4 is 11.1 Å². The zero-order chi connectivity index (χ0) is 46.6. The third-order valence-corrected chi connectivity index (χ3v) is 8.22. The van der Waals surface area contributed by atoms with Crippen molar-refractivity contribution in [2.45, 2.75) is 126 Å². The quantitative estimate of drug-likeness (QED) is 0.0516. The standard InChI is InChI=1S/C19H29F4N.C10H9F4N3.C10H11F4N.N2/c1-17(2,3)10-11(20)13(22)15(14(23)12(10)21)24-16(18(4,5)6)19(7,8)9;1-10(2,3)4-5(11)7(13)9(16-17-15)8(14)6(4)12;1-10(2,3)4-5(11)7(13)9(15)8(14)6(4)12;1-2/h16,24H,1-9H3;1-3H3;15H2,1-3H3;. The van der Waals surface area contributed by atoms with Gasteiger partial charge in [-0.15, -0.1) is 0 Å². The van der Waals surface area contributed by atoms with E-state index in [1.54, 1.807) is 0 Å². The zero-order valence-corrected chi connectivity index (χ0v) is 34.9. The summed E-state index contributed by atoms with van der Waals surface area (Å²) >= 11 is 0. The summed E-state index contributed by atoms with van der Waals surface area (Å²) in [7, 11) is 0. The minimum atomic E-state index is -1.69. The molecule has 0 aliphatic carbocycles. The molecule has 0 radical (unpaired) electrons. The van der Waals surface area contributed by atoms with Crippen molar-refractivity contribution in [1.29, 1.82) is 10.8 Å². The number of halogens is 12. The van der Waals surface area contributed by atoms with Crippen LogP contribution in [0.25, 0.3) is 10.4 Å². The molecule has 3 N–H and O–H groups in total. The number of nitrogens with one attached hydrogen (secondary N) is 1. The van der Waals surface area contributed by atoms with Crippen molar-refractivity contribution < 1.29 is 52.7 Å². The molecule has 0 heterocycles. The van der Waals surface area contributed by atoms with Crippen molar-refractivity contribution >= 4 is 17.1 Å². The van der Waals surface area contributed by atoms with Crippen LogP contribution in [0, 0.1) is 91.4 Å². The van der Waals surface area contributed by atoms with Crippen molar-refractivity contribution in [3.63, 3.8) is 0 Å². The van der Waals surface area contributed by atoms with Gasteiger partial charge < -0.3 is 11.1 Å². The fraction of sp³-hybridized carbons (Fsp3) is 0.538. The van der Waals surface area contributed by atoms with Gasteiger partial charge in [0.15, 0.2) is 69.8 Å². The highest BCUT2D eigenvalue weighted by molar-refractivity contribution is 5.52. The van der Waals surface area contributed by atoms with Gasteiger partial charge in [-0.05, 0) is 32.6 Å². The summed E-state index contributed by atoms with van der Waals surface area (Å²) in [4.78, 5) is 2.11. The fourth-order valence-electron chi connectivity index (χ4n) is 6.01. The van der Waals surface area contributed by atoms with Gasteiger partial charge in [0.2, 0.25) is 0 Å². The van der Waals surface area contributed by atoms with Gasteiger partial charge in [-0.25, -0.2) is 52.7 Å². The van der Waals surface area contributed by atoms with Crippen LogP contribution in [0.15, 0.2) is 5.11 Å². The lowest BCUT2D eigenvalue weighted by Gasteiger charge is -2.42. The maximum atomic E-state index is 14.5. The Morgan fingerprint density at radius 3 is 0.931 bits per heavy atom. The summed E-state index contributed by atoms with van der Waals surface area (Å²) in [5.74, 6) is -17.9. The molecule has 7 nitrogen and oxygen atoms in total. The lowest BCUT2D eigenvalue weighted by molar-refractivity contribution is 0.197. The average molecular weight is 844 g/mol. The van der Waals surface area contributed by atoms with Crippen LogP contribution in [0.4, 0.5) is 69.7 Å². The van der Waals surface area contributed by atoms with Crippen LogP contribution in [-0.4, -0.2) is 6.04 Å². The van der Waals surface area contributed by atoms with Crippen molar-refractivity contribution in [3.05, 3.63) is 96.9 Å². The molecule has 0 aliphatic rings. The number of benzene rings is 3. The second-order valence-corrected chi connectivity index (χ2v) is 18.3. The number of nitrogen functional groups attached to an aromatic ring is 1. The van der Waals surface area contributed by atoms with Gasteiger partial charge in [-0.1, -0.05) is 109 Å². The van der Waals surface area contributed by atoms with E-state index in [1.807, 2.05) is 41.5 Å². The molecule has 19 heteroatoms. The average Bonchev–Trinajstić information content (AvgIpc) is 3.05. The Balaban J connectivity index is 0.000000848. The van der Waals surface area contributed by atoms with Crippen LogP contribution in [0.5, 0.6) is 0 Å². The van der Waals surface area contributed by atoms with Gasteiger partial charge in [-0.2, -0.15) is 0 Å². The molecule has 58 heavy (non-hydrogen) atoms. The second kappa shape index (κ2) is 18.8. The van der Waals surface area contributed by atoms with Crippen LogP contribution in [0.1, 0.15) is 121 Å². The van der Waals surface area contributed by atoms with Crippen LogP contribution in [0.3, 0.4) is 0 Å². The molecule has 0 fully saturated rings. The molecule has 0 atom stereocenters. The van der Waals surface area contributed by atoms with E-state index >= 15 is 0 Å². The van der Waals surface area contributed by atoms with Gasteiger partial charge in [0.05, 0.1) is 0 Å². The summed E-state index contributed by atoms with van der Waals surface area (Å²) in [6.45, 7) is 24.5. The summed E-state index contributed by atoms with van der Waals surface area (Å²) in [6, 6.07) is -0.409. The first-order valence-corrected chi connectivity index (χ1v) is 17.2. The van der Waals surface area contributed by atoms with Crippen molar-refractivity contribution in [1.82, 2.24) is 0 Å². The predicted octanol–water partition coefficient (Wildman–Crippen LogP) is 14.0. The van der Waals surface area contributed by atoms with E-state index in [0.29, 0.717) is 0 Å². The Hall–Kier alpha value is -4.85. The predicted molar refractivity (Wildman–Crippen MR) is 198 cm³/mol.